The fourth-order valence-corrected chi connectivity index (χ4v) is 1.34. The van der Waals surface area contributed by atoms with Crippen LogP contribution in [0.5, 0.6) is 0 Å². The summed E-state index contributed by atoms with van der Waals surface area (Å²) in [6.07, 6.45) is -2.49. The van der Waals surface area contributed by atoms with E-state index >= 15 is 0 Å². The van der Waals surface area contributed by atoms with Crippen molar-refractivity contribution in [2.24, 2.45) is 5.73 Å². The van der Waals surface area contributed by atoms with Crippen LogP contribution in [0.4, 0.5) is 14.5 Å². The van der Waals surface area contributed by atoms with Crippen molar-refractivity contribution >= 4 is 23.2 Å². The number of amides is 1. The summed E-state index contributed by atoms with van der Waals surface area (Å²) in [6.45, 7) is 1.34. The number of nitrogens with one attached hydrogen (secondary N) is 1. The SMILES string of the molecule is CC(Nc1ccc(Cl)c(C(N)=O)c1)C(F)F. The van der Waals surface area contributed by atoms with E-state index in [0.717, 1.165) is 0 Å². The van der Waals surface area contributed by atoms with Gasteiger partial charge in [-0.1, -0.05) is 11.6 Å². The number of anilines is 1. The zero-order valence-corrected chi connectivity index (χ0v) is 9.26. The lowest BCUT2D eigenvalue weighted by Gasteiger charge is -2.14. The van der Waals surface area contributed by atoms with E-state index in [1.165, 1.54) is 25.1 Å². The number of primary amides is 1. The topological polar surface area (TPSA) is 55.1 Å². The normalized spacial score (nSPS) is 12.6. The van der Waals surface area contributed by atoms with Gasteiger partial charge in [0.2, 0.25) is 5.91 Å². The molecule has 1 aromatic carbocycles. The highest BCUT2D eigenvalue weighted by Gasteiger charge is 2.15. The molecule has 0 bridgehead atoms. The van der Waals surface area contributed by atoms with E-state index in [-0.39, 0.29) is 10.6 Å². The minimum atomic E-state index is -2.49. The summed E-state index contributed by atoms with van der Waals surface area (Å²) in [5.41, 5.74) is 5.56. The number of benzene rings is 1. The molecule has 0 aliphatic heterocycles. The van der Waals surface area contributed by atoms with Crippen molar-refractivity contribution in [1.82, 2.24) is 0 Å². The van der Waals surface area contributed by atoms with E-state index in [1.54, 1.807) is 0 Å². The highest BCUT2D eigenvalue weighted by atomic mass is 35.5. The van der Waals surface area contributed by atoms with E-state index in [9.17, 15) is 13.6 Å². The second-order valence-electron chi connectivity index (χ2n) is 3.33. The molecule has 16 heavy (non-hydrogen) atoms. The van der Waals surface area contributed by atoms with Gasteiger partial charge in [-0.3, -0.25) is 4.79 Å². The maximum absolute atomic E-state index is 12.3. The van der Waals surface area contributed by atoms with Crippen LogP contribution in [0.15, 0.2) is 18.2 Å². The van der Waals surface area contributed by atoms with Gasteiger partial charge in [0.1, 0.15) is 0 Å². The van der Waals surface area contributed by atoms with Crippen molar-refractivity contribution in [1.29, 1.82) is 0 Å². The predicted molar refractivity (Wildman–Crippen MR) is 59.1 cm³/mol. The van der Waals surface area contributed by atoms with Crippen molar-refractivity contribution in [3.05, 3.63) is 28.8 Å². The molecule has 6 heteroatoms. The molecule has 0 radical (unpaired) electrons. The Balaban J connectivity index is 2.91. The number of carbonyl (C=O) groups is 1. The molecule has 1 amide bonds. The molecule has 0 saturated heterocycles. The van der Waals surface area contributed by atoms with Gasteiger partial charge in [0, 0.05) is 5.69 Å². The van der Waals surface area contributed by atoms with Crippen molar-refractivity contribution in [2.45, 2.75) is 19.4 Å². The Hall–Kier alpha value is -1.36. The van der Waals surface area contributed by atoms with E-state index in [1.807, 2.05) is 0 Å². The maximum atomic E-state index is 12.3. The number of hydrogen-bond acceptors (Lipinski definition) is 2. The average Bonchev–Trinajstić information content (AvgIpc) is 2.20. The van der Waals surface area contributed by atoms with Gasteiger partial charge in [0.25, 0.3) is 6.43 Å². The molecular formula is C10H11ClF2N2O. The highest BCUT2D eigenvalue weighted by Crippen LogP contribution is 2.21. The molecule has 0 aliphatic rings. The molecule has 0 fully saturated rings. The molecule has 0 spiro atoms. The van der Waals surface area contributed by atoms with Crippen LogP contribution in [0.1, 0.15) is 17.3 Å². The third-order valence-electron chi connectivity index (χ3n) is 2.00. The van der Waals surface area contributed by atoms with Gasteiger partial charge in [0.05, 0.1) is 16.6 Å². The average molecular weight is 249 g/mol. The molecule has 1 atom stereocenters. The number of hydrogen-bond donors (Lipinski definition) is 2. The standard InChI is InChI=1S/C10H11ClF2N2O/c1-5(9(12)13)15-6-2-3-8(11)7(4-6)10(14)16/h2-5,9,15H,1H3,(H2,14,16). The fourth-order valence-electron chi connectivity index (χ4n) is 1.13. The van der Waals surface area contributed by atoms with Crippen molar-refractivity contribution in [2.75, 3.05) is 5.32 Å². The highest BCUT2D eigenvalue weighted by molar-refractivity contribution is 6.33. The second-order valence-corrected chi connectivity index (χ2v) is 3.73. The third-order valence-corrected chi connectivity index (χ3v) is 2.33. The Bertz CT molecular complexity index is 398. The number of halogens is 3. The van der Waals surface area contributed by atoms with Crippen LogP contribution in [-0.2, 0) is 0 Å². The van der Waals surface area contributed by atoms with E-state index in [2.05, 4.69) is 5.32 Å². The maximum Gasteiger partial charge on any atom is 0.258 e. The summed E-state index contributed by atoms with van der Waals surface area (Å²) >= 11 is 5.71. The molecule has 0 aliphatic carbocycles. The van der Waals surface area contributed by atoms with Crippen LogP contribution in [-0.4, -0.2) is 18.4 Å². The molecule has 1 aromatic rings. The van der Waals surface area contributed by atoms with Crippen molar-refractivity contribution < 1.29 is 13.6 Å². The molecular weight excluding hydrogens is 238 g/mol. The monoisotopic (exact) mass is 248 g/mol. The number of carbonyl (C=O) groups excluding carboxylic acids is 1. The molecule has 1 rings (SSSR count). The van der Waals surface area contributed by atoms with Crippen LogP contribution in [0.25, 0.3) is 0 Å². The second kappa shape index (κ2) is 5.12. The van der Waals surface area contributed by atoms with Gasteiger partial charge < -0.3 is 11.1 Å². The number of rotatable bonds is 4. The van der Waals surface area contributed by atoms with Crippen LogP contribution in [0.2, 0.25) is 5.02 Å². The third kappa shape index (κ3) is 3.06. The van der Waals surface area contributed by atoms with Gasteiger partial charge in [-0.2, -0.15) is 0 Å². The van der Waals surface area contributed by atoms with Gasteiger partial charge in [0.15, 0.2) is 0 Å². The largest absolute Gasteiger partial charge is 0.377 e. The van der Waals surface area contributed by atoms with Crippen molar-refractivity contribution in [3.63, 3.8) is 0 Å². The molecule has 3 nitrogen and oxygen atoms in total. The molecule has 88 valence electrons. The number of alkyl halides is 2. The van der Waals surface area contributed by atoms with Gasteiger partial charge >= 0.3 is 0 Å². The lowest BCUT2D eigenvalue weighted by Crippen LogP contribution is -2.24. The molecule has 1 unspecified atom stereocenters. The Morgan fingerprint density at radius 1 is 1.50 bits per heavy atom. The fraction of sp³-hybridized carbons (Fsp3) is 0.300. The summed E-state index contributed by atoms with van der Waals surface area (Å²) in [5, 5.41) is 2.74. The molecule has 0 heterocycles. The van der Waals surface area contributed by atoms with E-state index in [4.69, 9.17) is 17.3 Å². The van der Waals surface area contributed by atoms with E-state index < -0.39 is 18.4 Å². The Morgan fingerprint density at radius 3 is 2.62 bits per heavy atom. The first-order chi connectivity index (χ1) is 7.41. The van der Waals surface area contributed by atoms with Crippen LogP contribution >= 0.6 is 11.6 Å². The van der Waals surface area contributed by atoms with Gasteiger partial charge in [-0.15, -0.1) is 0 Å². The minimum absolute atomic E-state index is 0.105. The van der Waals surface area contributed by atoms with Gasteiger partial charge in [-0.05, 0) is 25.1 Å². The Labute approximate surface area is 96.6 Å². The van der Waals surface area contributed by atoms with Crippen LogP contribution in [0.3, 0.4) is 0 Å². The van der Waals surface area contributed by atoms with Gasteiger partial charge in [-0.25, -0.2) is 8.78 Å². The summed E-state index contributed by atoms with van der Waals surface area (Å²) in [6, 6.07) is 3.28. The Kier molecular flexibility index (Phi) is 4.06. The summed E-state index contributed by atoms with van der Waals surface area (Å²) in [7, 11) is 0. The lowest BCUT2D eigenvalue weighted by atomic mass is 10.2. The van der Waals surface area contributed by atoms with Crippen LogP contribution < -0.4 is 11.1 Å². The zero-order chi connectivity index (χ0) is 12.3. The molecule has 3 N–H and O–H groups in total. The minimum Gasteiger partial charge on any atom is -0.377 e. The molecule has 0 aromatic heterocycles. The Morgan fingerprint density at radius 2 is 2.12 bits per heavy atom. The van der Waals surface area contributed by atoms with Crippen molar-refractivity contribution in [3.8, 4) is 0 Å². The smallest absolute Gasteiger partial charge is 0.258 e. The lowest BCUT2D eigenvalue weighted by molar-refractivity contribution is 0.100. The predicted octanol–water partition coefficient (Wildman–Crippen LogP) is 2.50. The zero-order valence-electron chi connectivity index (χ0n) is 8.51. The summed E-state index contributed by atoms with van der Waals surface area (Å²) in [5.74, 6) is -0.696. The summed E-state index contributed by atoms with van der Waals surface area (Å²) < 4.78 is 24.5. The number of nitrogens with two attached hydrogens (primary N) is 1. The molecule has 0 saturated carbocycles. The van der Waals surface area contributed by atoms with Crippen LogP contribution in [0, 0.1) is 0 Å². The summed E-state index contributed by atoms with van der Waals surface area (Å²) in [4.78, 5) is 11.0. The quantitative estimate of drug-likeness (QED) is 0.860. The van der Waals surface area contributed by atoms with E-state index in [0.29, 0.717) is 5.69 Å². The first kappa shape index (κ1) is 12.7. The first-order valence-electron chi connectivity index (χ1n) is 4.56. The first-order valence-corrected chi connectivity index (χ1v) is 4.93.